The minimum absolute atomic E-state index is 0.0569. The number of rotatable bonds is 5. The van der Waals surface area contributed by atoms with Crippen molar-refractivity contribution >= 4 is 22.9 Å². The van der Waals surface area contributed by atoms with Gasteiger partial charge < -0.3 is 10.3 Å². The Morgan fingerprint density at radius 2 is 2.16 bits per heavy atom. The average molecular weight is 298 g/mol. The molecule has 0 radical (unpaired) electrons. The van der Waals surface area contributed by atoms with Crippen molar-refractivity contribution in [2.45, 2.75) is 45.2 Å². The lowest BCUT2D eigenvalue weighted by molar-refractivity contribution is 0.445. The predicted octanol–water partition coefficient (Wildman–Crippen LogP) is 4.05. The van der Waals surface area contributed by atoms with Crippen LogP contribution in [-0.4, -0.2) is 15.6 Å². The van der Waals surface area contributed by atoms with E-state index < -0.39 is 0 Å². The van der Waals surface area contributed by atoms with Crippen molar-refractivity contribution in [1.82, 2.24) is 9.55 Å². The Kier molecular flexibility index (Phi) is 4.66. The molecule has 0 bridgehead atoms. The van der Waals surface area contributed by atoms with Gasteiger partial charge in [0.1, 0.15) is 5.82 Å². The molecule has 2 heterocycles. The van der Waals surface area contributed by atoms with Crippen LogP contribution < -0.4 is 5.73 Å². The van der Waals surface area contributed by atoms with Gasteiger partial charge in [-0.1, -0.05) is 32.4 Å². The third kappa shape index (κ3) is 3.02. The van der Waals surface area contributed by atoms with E-state index in [0.717, 1.165) is 16.6 Å². The Morgan fingerprint density at radius 3 is 2.68 bits per heavy atom. The fourth-order valence-electron chi connectivity index (χ4n) is 2.27. The molecule has 2 rings (SSSR count). The first-order valence-corrected chi connectivity index (χ1v) is 7.77. The number of imidazole rings is 1. The maximum Gasteiger partial charge on any atom is 0.111 e. The van der Waals surface area contributed by atoms with E-state index in [1.165, 1.54) is 4.88 Å². The van der Waals surface area contributed by atoms with Gasteiger partial charge in [0.05, 0.1) is 10.4 Å². The van der Waals surface area contributed by atoms with E-state index in [4.69, 9.17) is 17.3 Å². The molecular formula is C14H20ClN3S. The van der Waals surface area contributed by atoms with Crippen LogP contribution in [0.3, 0.4) is 0 Å². The van der Waals surface area contributed by atoms with Crippen molar-refractivity contribution < 1.29 is 0 Å². The topological polar surface area (TPSA) is 43.8 Å². The second kappa shape index (κ2) is 6.07. The molecule has 2 N–H and O–H groups in total. The van der Waals surface area contributed by atoms with Gasteiger partial charge in [-0.15, -0.1) is 11.3 Å². The van der Waals surface area contributed by atoms with Crippen LogP contribution in [0, 0.1) is 0 Å². The second-order valence-corrected chi connectivity index (χ2v) is 6.75. The third-order valence-electron chi connectivity index (χ3n) is 3.28. The normalized spacial score (nSPS) is 14.8. The van der Waals surface area contributed by atoms with Crippen LogP contribution in [0.25, 0.3) is 0 Å². The first kappa shape index (κ1) is 14.6. The molecule has 3 nitrogen and oxygen atoms in total. The van der Waals surface area contributed by atoms with Crippen molar-refractivity contribution in [1.29, 1.82) is 0 Å². The van der Waals surface area contributed by atoms with Crippen LogP contribution in [0.5, 0.6) is 0 Å². The molecule has 5 heteroatoms. The molecule has 2 atom stereocenters. The summed E-state index contributed by atoms with van der Waals surface area (Å²) in [5.74, 6) is 1.44. The Hall–Kier alpha value is -0.840. The van der Waals surface area contributed by atoms with Gasteiger partial charge in [0, 0.05) is 29.2 Å². The van der Waals surface area contributed by atoms with Crippen LogP contribution in [0.15, 0.2) is 24.5 Å². The molecule has 2 aromatic rings. The summed E-state index contributed by atoms with van der Waals surface area (Å²) in [5, 5.41) is 0. The lowest BCUT2D eigenvalue weighted by atomic mass is 10.0. The molecular weight excluding hydrogens is 278 g/mol. The average Bonchev–Trinajstić information content (AvgIpc) is 2.99. The lowest BCUT2D eigenvalue weighted by Crippen LogP contribution is -2.32. The molecule has 0 saturated carbocycles. The maximum absolute atomic E-state index is 6.33. The summed E-state index contributed by atoms with van der Waals surface area (Å²) in [7, 11) is 0. The standard InChI is InChI=1S/C14H20ClN3S/c1-4-10(16)13(11-5-6-12(15)19-11)18-8-7-17-14(18)9(2)3/h5-10,13H,4,16H2,1-3H3. The zero-order valence-electron chi connectivity index (χ0n) is 11.5. The zero-order valence-corrected chi connectivity index (χ0v) is 13.1. The highest BCUT2D eigenvalue weighted by Crippen LogP contribution is 2.33. The third-order valence-corrected chi connectivity index (χ3v) is 4.58. The number of halogens is 1. The summed E-state index contributed by atoms with van der Waals surface area (Å²) in [6.07, 6.45) is 4.78. The Labute approximate surface area is 123 Å². The van der Waals surface area contributed by atoms with Gasteiger partial charge >= 0.3 is 0 Å². The van der Waals surface area contributed by atoms with Crippen LogP contribution in [0.1, 0.15) is 49.9 Å². The summed E-state index contributed by atoms with van der Waals surface area (Å²) in [4.78, 5) is 5.66. The molecule has 2 unspecified atom stereocenters. The van der Waals surface area contributed by atoms with Crippen molar-refractivity contribution in [3.05, 3.63) is 39.6 Å². The Bertz CT molecular complexity index is 532. The van der Waals surface area contributed by atoms with Gasteiger partial charge in [0.2, 0.25) is 0 Å². The number of hydrogen-bond donors (Lipinski definition) is 1. The van der Waals surface area contributed by atoms with Gasteiger partial charge in [-0.25, -0.2) is 4.98 Å². The Morgan fingerprint density at radius 1 is 1.42 bits per heavy atom. The van der Waals surface area contributed by atoms with Gasteiger partial charge in [0.15, 0.2) is 0 Å². The molecule has 0 aliphatic carbocycles. The van der Waals surface area contributed by atoms with Gasteiger partial charge in [-0.2, -0.15) is 0 Å². The lowest BCUT2D eigenvalue weighted by Gasteiger charge is -2.26. The summed E-state index contributed by atoms with van der Waals surface area (Å²) in [6.45, 7) is 6.41. The molecule has 2 aromatic heterocycles. The number of nitrogens with two attached hydrogens (primary N) is 1. The minimum Gasteiger partial charge on any atom is -0.326 e. The van der Waals surface area contributed by atoms with E-state index >= 15 is 0 Å². The van der Waals surface area contributed by atoms with Gasteiger partial charge in [-0.05, 0) is 18.6 Å². The molecule has 0 aliphatic heterocycles. The molecule has 0 spiro atoms. The molecule has 19 heavy (non-hydrogen) atoms. The van der Waals surface area contributed by atoms with Crippen LogP contribution >= 0.6 is 22.9 Å². The van der Waals surface area contributed by atoms with E-state index in [9.17, 15) is 0 Å². The molecule has 104 valence electrons. The predicted molar refractivity (Wildman–Crippen MR) is 82.1 cm³/mol. The van der Waals surface area contributed by atoms with Gasteiger partial charge in [0.25, 0.3) is 0 Å². The van der Waals surface area contributed by atoms with Crippen LogP contribution in [0.2, 0.25) is 4.34 Å². The summed E-state index contributed by atoms with van der Waals surface area (Å²) >= 11 is 7.66. The second-order valence-electron chi connectivity index (χ2n) is 5.01. The first-order chi connectivity index (χ1) is 9.04. The quantitative estimate of drug-likeness (QED) is 0.905. The summed E-state index contributed by atoms with van der Waals surface area (Å²) in [6, 6.07) is 4.17. The smallest absolute Gasteiger partial charge is 0.111 e. The fourth-order valence-corrected chi connectivity index (χ4v) is 3.51. The van der Waals surface area contributed by atoms with Crippen LogP contribution in [0.4, 0.5) is 0 Å². The summed E-state index contributed by atoms with van der Waals surface area (Å²) in [5.41, 5.74) is 6.33. The molecule has 0 saturated heterocycles. The molecule has 0 amide bonds. The van der Waals surface area contributed by atoms with Crippen molar-refractivity contribution in [2.75, 3.05) is 0 Å². The maximum atomic E-state index is 6.33. The number of thiophene rings is 1. The molecule has 0 aliphatic rings. The Balaban J connectivity index is 2.46. The highest BCUT2D eigenvalue weighted by Gasteiger charge is 2.25. The van der Waals surface area contributed by atoms with E-state index in [1.807, 2.05) is 18.5 Å². The SMILES string of the molecule is CCC(N)C(c1ccc(Cl)s1)n1ccnc1C(C)C. The van der Waals surface area contributed by atoms with E-state index in [0.29, 0.717) is 5.92 Å². The highest BCUT2D eigenvalue weighted by atomic mass is 35.5. The van der Waals surface area contributed by atoms with Gasteiger partial charge in [-0.3, -0.25) is 0 Å². The highest BCUT2D eigenvalue weighted by molar-refractivity contribution is 7.16. The van der Waals surface area contributed by atoms with E-state index in [2.05, 4.69) is 36.4 Å². The van der Waals surface area contributed by atoms with Crippen molar-refractivity contribution in [2.24, 2.45) is 5.73 Å². The first-order valence-electron chi connectivity index (χ1n) is 6.58. The van der Waals surface area contributed by atoms with Crippen LogP contribution in [-0.2, 0) is 0 Å². The largest absolute Gasteiger partial charge is 0.326 e. The van der Waals surface area contributed by atoms with E-state index in [1.54, 1.807) is 11.3 Å². The fraction of sp³-hybridized carbons (Fsp3) is 0.500. The molecule has 0 fully saturated rings. The zero-order chi connectivity index (χ0) is 14.0. The van der Waals surface area contributed by atoms with Crippen molar-refractivity contribution in [3.63, 3.8) is 0 Å². The number of aromatic nitrogens is 2. The minimum atomic E-state index is 0.0569. The van der Waals surface area contributed by atoms with E-state index in [-0.39, 0.29) is 12.1 Å². The monoisotopic (exact) mass is 297 g/mol. The summed E-state index contributed by atoms with van der Waals surface area (Å²) < 4.78 is 3.00. The molecule has 0 aromatic carbocycles. The number of hydrogen-bond acceptors (Lipinski definition) is 3. The van der Waals surface area contributed by atoms with Crippen molar-refractivity contribution in [3.8, 4) is 0 Å². The number of nitrogens with zero attached hydrogens (tertiary/aromatic N) is 2.